The van der Waals surface area contributed by atoms with Crippen molar-refractivity contribution in [1.29, 1.82) is 0 Å². The van der Waals surface area contributed by atoms with E-state index in [2.05, 4.69) is 15.2 Å². The van der Waals surface area contributed by atoms with Gasteiger partial charge in [-0.15, -0.1) is 0 Å². The smallest absolute Gasteiger partial charge is 0.224 e. The minimum absolute atomic E-state index is 0.0695. The molecule has 8 heteroatoms. The van der Waals surface area contributed by atoms with Crippen molar-refractivity contribution in [2.75, 3.05) is 49.2 Å². The fourth-order valence-corrected chi connectivity index (χ4v) is 3.99. The number of amides is 1. The van der Waals surface area contributed by atoms with Gasteiger partial charge in [0.15, 0.2) is 9.84 Å². The summed E-state index contributed by atoms with van der Waals surface area (Å²) < 4.78 is 23.6. The first-order valence-corrected chi connectivity index (χ1v) is 10.8. The zero-order chi connectivity index (χ0) is 19.3. The van der Waals surface area contributed by atoms with Gasteiger partial charge < -0.3 is 15.1 Å². The number of hydrogen-bond donors (Lipinski definition) is 1. The predicted molar refractivity (Wildman–Crippen MR) is 106 cm³/mol. The third kappa shape index (κ3) is 4.97. The number of aromatic nitrogens is 1. The molecule has 0 bridgehead atoms. The zero-order valence-electron chi connectivity index (χ0n) is 15.3. The first-order valence-electron chi connectivity index (χ1n) is 8.92. The Labute approximate surface area is 159 Å². The monoisotopic (exact) mass is 388 g/mol. The van der Waals surface area contributed by atoms with Gasteiger partial charge in [0.2, 0.25) is 5.91 Å². The van der Waals surface area contributed by atoms with Gasteiger partial charge in [0.25, 0.3) is 0 Å². The van der Waals surface area contributed by atoms with E-state index >= 15 is 0 Å². The first-order chi connectivity index (χ1) is 12.9. The van der Waals surface area contributed by atoms with E-state index in [1.807, 2.05) is 23.1 Å². The summed E-state index contributed by atoms with van der Waals surface area (Å²) in [5.74, 6) is 1.00. The molecule has 1 fully saturated rings. The molecule has 1 aromatic heterocycles. The maximum absolute atomic E-state index is 12.4. The van der Waals surface area contributed by atoms with Gasteiger partial charge in [0.05, 0.1) is 10.6 Å². The summed E-state index contributed by atoms with van der Waals surface area (Å²) in [6.45, 7) is 3.23. The van der Waals surface area contributed by atoms with Crippen molar-refractivity contribution in [3.05, 3.63) is 48.7 Å². The number of piperazine rings is 1. The van der Waals surface area contributed by atoms with Gasteiger partial charge >= 0.3 is 0 Å². The Hall–Kier alpha value is -2.61. The van der Waals surface area contributed by atoms with Crippen LogP contribution in [0.1, 0.15) is 6.42 Å². The summed E-state index contributed by atoms with van der Waals surface area (Å²) in [6, 6.07) is 12.6. The standard InChI is InChI=1S/C19H24N4O3S/c1-27(25,26)17-7-3-2-6-16(17)20-11-9-19(24)23-14-12-22(13-15-23)18-8-4-5-10-21-18/h2-8,10,20H,9,11-15H2,1H3. The summed E-state index contributed by atoms with van der Waals surface area (Å²) in [5.41, 5.74) is 0.535. The van der Waals surface area contributed by atoms with Crippen LogP contribution < -0.4 is 10.2 Å². The molecule has 27 heavy (non-hydrogen) atoms. The topological polar surface area (TPSA) is 82.6 Å². The lowest BCUT2D eigenvalue weighted by atomic mass is 10.2. The van der Waals surface area contributed by atoms with Crippen molar-refractivity contribution < 1.29 is 13.2 Å². The average molecular weight is 388 g/mol. The van der Waals surface area contributed by atoms with Crippen molar-refractivity contribution in [1.82, 2.24) is 9.88 Å². The molecule has 1 N–H and O–H groups in total. The molecule has 1 aliphatic rings. The van der Waals surface area contributed by atoms with Crippen molar-refractivity contribution >= 4 is 27.2 Å². The molecule has 2 aromatic rings. The van der Waals surface area contributed by atoms with E-state index in [0.29, 0.717) is 31.7 Å². The lowest BCUT2D eigenvalue weighted by Gasteiger charge is -2.35. The van der Waals surface area contributed by atoms with Crippen LogP contribution in [0.4, 0.5) is 11.5 Å². The fraction of sp³-hybridized carbons (Fsp3) is 0.368. The zero-order valence-corrected chi connectivity index (χ0v) is 16.2. The molecule has 1 aromatic carbocycles. The number of benzene rings is 1. The fourth-order valence-electron chi connectivity index (χ4n) is 3.12. The van der Waals surface area contributed by atoms with E-state index in [1.54, 1.807) is 30.5 Å². The van der Waals surface area contributed by atoms with Gasteiger partial charge in [-0.05, 0) is 24.3 Å². The van der Waals surface area contributed by atoms with Crippen molar-refractivity contribution in [2.24, 2.45) is 0 Å². The number of nitrogens with zero attached hydrogens (tertiary/aromatic N) is 3. The van der Waals surface area contributed by atoms with Gasteiger partial charge in [-0.1, -0.05) is 18.2 Å². The Balaban J connectivity index is 1.49. The number of rotatable bonds is 6. The molecule has 1 saturated heterocycles. The molecular formula is C19H24N4O3S. The quantitative estimate of drug-likeness (QED) is 0.810. The lowest BCUT2D eigenvalue weighted by molar-refractivity contribution is -0.131. The molecular weight excluding hydrogens is 364 g/mol. The molecule has 2 heterocycles. The second-order valence-corrected chi connectivity index (χ2v) is 8.49. The van der Waals surface area contributed by atoms with Gasteiger partial charge in [-0.2, -0.15) is 0 Å². The van der Waals surface area contributed by atoms with Crippen LogP contribution in [-0.4, -0.2) is 63.2 Å². The summed E-state index contributed by atoms with van der Waals surface area (Å²) >= 11 is 0. The Morgan fingerprint density at radius 2 is 1.78 bits per heavy atom. The van der Waals surface area contributed by atoms with E-state index in [0.717, 1.165) is 18.9 Å². The van der Waals surface area contributed by atoms with Crippen molar-refractivity contribution in [3.63, 3.8) is 0 Å². The maximum Gasteiger partial charge on any atom is 0.224 e. The highest BCUT2D eigenvalue weighted by Gasteiger charge is 2.21. The number of carbonyl (C=O) groups is 1. The number of carbonyl (C=O) groups excluding carboxylic acids is 1. The van der Waals surface area contributed by atoms with E-state index < -0.39 is 9.84 Å². The summed E-state index contributed by atoms with van der Waals surface area (Å²) in [6.07, 6.45) is 3.27. The normalized spacial score (nSPS) is 14.9. The van der Waals surface area contributed by atoms with Crippen LogP contribution >= 0.6 is 0 Å². The van der Waals surface area contributed by atoms with Crippen LogP contribution in [0, 0.1) is 0 Å². The third-order valence-corrected chi connectivity index (χ3v) is 5.70. The molecule has 0 atom stereocenters. The van der Waals surface area contributed by atoms with E-state index in [-0.39, 0.29) is 10.8 Å². The molecule has 0 radical (unpaired) electrons. The van der Waals surface area contributed by atoms with Crippen LogP contribution in [0.2, 0.25) is 0 Å². The molecule has 0 unspecified atom stereocenters. The van der Waals surface area contributed by atoms with Crippen LogP contribution in [0.15, 0.2) is 53.6 Å². The largest absolute Gasteiger partial charge is 0.383 e. The summed E-state index contributed by atoms with van der Waals surface area (Å²) in [5, 5.41) is 3.08. The SMILES string of the molecule is CS(=O)(=O)c1ccccc1NCCC(=O)N1CCN(c2ccccn2)CC1. The van der Waals surface area contributed by atoms with Crippen molar-refractivity contribution in [3.8, 4) is 0 Å². The molecule has 1 aliphatic heterocycles. The number of para-hydroxylation sites is 1. The number of nitrogens with one attached hydrogen (secondary N) is 1. The molecule has 1 amide bonds. The molecule has 0 aliphatic carbocycles. The maximum atomic E-state index is 12.4. The third-order valence-electron chi connectivity index (χ3n) is 4.55. The minimum atomic E-state index is -3.31. The van der Waals surface area contributed by atoms with Gasteiger partial charge in [-0.3, -0.25) is 4.79 Å². The first kappa shape index (κ1) is 19.2. The molecule has 3 rings (SSSR count). The second-order valence-electron chi connectivity index (χ2n) is 6.50. The van der Waals surface area contributed by atoms with Crippen LogP contribution in [-0.2, 0) is 14.6 Å². The molecule has 144 valence electrons. The minimum Gasteiger partial charge on any atom is -0.383 e. The average Bonchev–Trinajstić information content (AvgIpc) is 2.68. The highest BCUT2D eigenvalue weighted by molar-refractivity contribution is 7.90. The Bertz CT molecular complexity index is 879. The van der Waals surface area contributed by atoms with Crippen LogP contribution in [0.25, 0.3) is 0 Å². The Morgan fingerprint density at radius 3 is 2.44 bits per heavy atom. The van der Waals surface area contributed by atoms with Gasteiger partial charge in [-0.25, -0.2) is 13.4 Å². The lowest BCUT2D eigenvalue weighted by Crippen LogP contribution is -2.49. The number of sulfone groups is 1. The second kappa shape index (κ2) is 8.39. The van der Waals surface area contributed by atoms with Gasteiger partial charge in [0.1, 0.15) is 5.82 Å². The van der Waals surface area contributed by atoms with E-state index in [1.165, 1.54) is 6.26 Å². The van der Waals surface area contributed by atoms with Gasteiger partial charge in [0, 0.05) is 51.6 Å². The van der Waals surface area contributed by atoms with E-state index in [9.17, 15) is 13.2 Å². The summed E-state index contributed by atoms with van der Waals surface area (Å²) in [4.78, 5) is 21.1. The number of anilines is 2. The van der Waals surface area contributed by atoms with Crippen LogP contribution in [0.5, 0.6) is 0 Å². The Morgan fingerprint density at radius 1 is 1.07 bits per heavy atom. The van der Waals surface area contributed by atoms with Crippen molar-refractivity contribution in [2.45, 2.75) is 11.3 Å². The molecule has 0 saturated carbocycles. The highest BCUT2D eigenvalue weighted by atomic mass is 32.2. The Kier molecular flexibility index (Phi) is 5.95. The van der Waals surface area contributed by atoms with E-state index in [4.69, 9.17) is 0 Å². The summed E-state index contributed by atoms with van der Waals surface area (Å²) in [7, 11) is -3.31. The highest BCUT2D eigenvalue weighted by Crippen LogP contribution is 2.20. The molecule has 7 nitrogen and oxygen atoms in total. The van der Waals surface area contributed by atoms with Crippen LogP contribution in [0.3, 0.4) is 0 Å². The number of hydrogen-bond acceptors (Lipinski definition) is 6. The molecule has 0 spiro atoms. The predicted octanol–water partition coefficient (Wildman–Crippen LogP) is 1.64. The number of pyridine rings is 1.